The van der Waals surface area contributed by atoms with Gasteiger partial charge < -0.3 is 0 Å². The van der Waals surface area contributed by atoms with Crippen LogP contribution in [0.25, 0.3) is 0 Å². The molecule has 3 unspecified atom stereocenters. The molecule has 2 nitrogen and oxygen atoms in total. The molecule has 2 aliphatic carbocycles. The number of fused-ring (bicyclic) bond motifs is 2. The zero-order chi connectivity index (χ0) is 9.71. The van der Waals surface area contributed by atoms with Gasteiger partial charge in [-0.15, -0.1) is 0 Å². The Balaban J connectivity index is 1.93. The van der Waals surface area contributed by atoms with Crippen molar-refractivity contribution in [3.8, 4) is 0 Å². The zero-order valence-corrected chi connectivity index (χ0v) is 8.77. The second kappa shape index (κ2) is 2.72. The van der Waals surface area contributed by atoms with E-state index in [0.29, 0.717) is 5.92 Å². The van der Waals surface area contributed by atoms with E-state index in [9.17, 15) is 0 Å². The van der Waals surface area contributed by atoms with Gasteiger partial charge in [0.1, 0.15) is 0 Å². The first-order valence-corrected chi connectivity index (χ1v) is 5.43. The first-order chi connectivity index (χ1) is 6.74. The van der Waals surface area contributed by atoms with E-state index in [-0.39, 0.29) is 0 Å². The maximum Gasteiger partial charge on any atom is 0.0664 e. The van der Waals surface area contributed by atoms with Crippen molar-refractivity contribution in [3.05, 3.63) is 29.6 Å². The van der Waals surface area contributed by atoms with E-state index in [1.165, 1.54) is 24.2 Å². The fourth-order valence-electron chi connectivity index (χ4n) is 2.89. The SMILES string of the molecule is Cc1cc(C2CC3C=CC2C3)nn1C. The fourth-order valence-corrected chi connectivity index (χ4v) is 2.89. The van der Waals surface area contributed by atoms with Crippen LogP contribution in [0.3, 0.4) is 0 Å². The first kappa shape index (κ1) is 8.27. The summed E-state index contributed by atoms with van der Waals surface area (Å²) in [6.07, 6.45) is 7.46. The Labute approximate surface area is 84.6 Å². The predicted molar refractivity (Wildman–Crippen MR) is 56.0 cm³/mol. The first-order valence-electron chi connectivity index (χ1n) is 5.43. The fraction of sp³-hybridized carbons (Fsp3) is 0.583. The highest BCUT2D eigenvalue weighted by Crippen LogP contribution is 2.48. The van der Waals surface area contributed by atoms with Crippen LogP contribution in [0.2, 0.25) is 0 Å². The second-order valence-corrected chi connectivity index (χ2v) is 4.72. The molecule has 1 heterocycles. The molecule has 3 atom stereocenters. The van der Waals surface area contributed by atoms with Crippen molar-refractivity contribution >= 4 is 0 Å². The lowest BCUT2D eigenvalue weighted by atomic mass is 9.90. The Kier molecular flexibility index (Phi) is 1.61. The number of aryl methyl sites for hydroxylation is 2. The molecule has 1 aromatic rings. The van der Waals surface area contributed by atoms with E-state index in [2.05, 4.69) is 30.2 Å². The molecule has 0 radical (unpaired) electrons. The van der Waals surface area contributed by atoms with Gasteiger partial charge in [-0.2, -0.15) is 5.10 Å². The highest BCUT2D eigenvalue weighted by atomic mass is 15.3. The second-order valence-electron chi connectivity index (χ2n) is 4.72. The minimum atomic E-state index is 0.699. The molecule has 74 valence electrons. The van der Waals surface area contributed by atoms with Gasteiger partial charge >= 0.3 is 0 Å². The Morgan fingerprint density at radius 2 is 2.21 bits per heavy atom. The summed E-state index contributed by atoms with van der Waals surface area (Å²) in [4.78, 5) is 0. The molecule has 1 saturated carbocycles. The topological polar surface area (TPSA) is 17.8 Å². The summed E-state index contributed by atoms with van der Waals surface area (Å²) in [6.45, 7) is 2.12. The van der Waals surface area contributed by atoms with Crippen LogP contribution in [0.4, 0.5) is 0 Å². The van der Waals surface area contributed by atoms with Crippen LogP contribution < -0.4 is 0 Å². The molecule has 0 amide bonds. The number of hydrogen-bond donors (Lipinski definition) is 0. The molecule has 0 aromatic carbocycles. The van der Waals surface area contributed by atoms with Crippen molar-refractivity contribution in [2.45, 2.75) is 25.7 Å². The van der Waals surface area contributed by atoms with Crippen LogP contribution in [0, 0.1) is 18.8 Å². The predicted octanol–water partition coefficient (Wildman–Crippen LogP) is 2.41. The quantitative estimate of drug-likeness (QED) is 0.619. The van der Waals surface area contributed by atoms with Gasteiger partial charge in [0.2, 0.25) is 0 Å². The molecule has 1 fully saturated rings. The number of allylic oxidation sites excluding steroid dienone is 2. The van der Waals surface area contributed by atoms with Crippen LogP contribution in [-0.2, 0) is 7.05 Å². The maximum atomic E-state index is 4.59. The molecule has 0 spiro atoms. The summed E-state index contributed by atoms with van der Waals surface area (Å²) in [7, 11) is 2.03. The largest absolute Gasteiger partial charge is 0.273 e. The van der Waals surface area contributed by atoms with E-state index < -0.39 is 0 Å². The van der Waals surface area contributed by atoms with E-state index in [1.807, 2.05) is 11.7 Å². The monoisotopic (exact) mass is 188 g/mol. The molecule has 3 rings (SSSR count). The van der Waals surface area contributed by atoms with Crippen LogP contribution in [0.1, 0.15) is 30.1 Å². The molecule has 14 heavy (non-hydrogen) atoms. The molecule has 0 saturated heterocycles. The number of aromatic nitrogens is 2. The lowest BCUT2D eigenvalue weighted by Crippen LogP contribution is -2.06. The molecular weight excluding hydrogens is 172 g/mol. The van der Waals surface area contributed by atoms with Crippen LogP contribution in [0.5, 0.6) is 0 Å². The zero-order valence-electron chi connectivity index (χ0n) is 8.77. The van der Waals surface area contributed by atoms with E-state index in [0.717, 1.165) is 11.8 Å². The molecular formula is C12H16N2. The van der Waals surface area contributed by atoms with Crippen molar-refractivity contribution in [2.24, 2.45) is 18.9 Å². The van der Waals surface area contributed by atoms with Gasteiger partial charge in [0.15, 0.2) is 0 Å². The average Bonchev–Trinajstić information content (AvgIpc) is 2.82. The summed E-state index contributed by atoms with van der Waals surface area (Å²) in [6, 6.07) is 2.25. The standard InChI is InChI=1S/C12H16N2/c1-8-5-12(13-14(8)2)11-7-9-3-4-10(11)6-9/h3-5,9-11H,6-7H2,1-2H3. The summed E-state index contributed by atoms with van der Waals surface area (Å²) in [5.74, 6) is 2.31. The Morgan fingerprint density at radius 3 is 2.71 bits per heavy atom. The summed E-state index contributed by atoms with van der Waals surface area (Å²) in [5, 5.41) is 4.59. The van der Waals surface area contributed by atoms with Gasteiger partial charge in [0.05, 0.1) is 5.69 Å². The van der Waals surface area contributed by atoms with E-state index >= 15 is 0 Å². The van der Waals surface area contributed by atoms with Crippen molar-refractivity contribution in [1.29, 1.82) is 0 Å². The number of rotatable bonds is 1. The number of nitrogens with zero attached hydrogens (tertiary/aromatic N) is 2. The van der Waals surface area contributed by atoms with Gasteiger partial charge in [0, 0.05) is 18.7 Å². The van der Waals surface area contributed by atoms with Gasteiger partial charge in [-0.25, -0.2) is 0 Å². The molecule has 2 aliphatic rings. The third-order valence-electron chi connectivity index (χ3n) is 3.79. The van der Waals surface area contributed by atoms with Crippen LogP contribution in [0.15, 0.2) is 18.2 Å². The summed E-state index contributed by atoms with van der Waals surface area (Å²) in [5.41, 5.74) is 2.58. The van der Waals surface area contributed by atoms with Crippen LogP contribution in [-0.4, -0.2) is 9.78 Å². The highest BCUT2D eigenvalue weighted by Gasteiger charge is 2.37. The van der Waals surface area contributed by atoms with Gasteiger partial charge in [-0.3, -0.25) is 4.68 Å². The van der Waals surface area contributed by atoms with Crippen molar-refractivity contribution < 1.29 is 0 Å². The van der Waals surface area contributed by atoms with Gasteiger partial charge in [-0.05, 0) is 37.7 Å². The molecule has 2 heteroatoms. The lowest BCUT2D eigenvalue weighted by Gasteiger charge is -2.14. The Bertz CT molecular complexity index is 370. The normalized spacial score (nSPS) is 34.3. The van der Waals surface area contributed by atoms with Crippen molar-refractivity contribution in [1.82, 2.24) is 9.78 Å². The third kappa shape index (κ3) is 1.06. The average molecular weight is 188 g/mol. The molecule has 0 aliphatic heterocycles. The van der Waals surface area contributed by atoms with Crippen molar-refractivity contribution in [2.75, 3.05) is 0 Å². The van der Waals surface area contributed by atoms with Crippen LogP contribution >= 0.6 is 0 Å². The Morgan fingerprint density at radius 1 is 1.36 bits per heavy atom. The maximum absolute atomic E-state index is 4.59. The lowest BCUT2D eigenvalue weighted by molar-refractivity contribution is 0.557. The minimum absolute atomic E-state index is 0.699. The van der Waals surface area contributed by atoms with E-state index in [1.54, 1.807) is 0 Å². The number of hydrogen-bond acceptors (Lipinski definition) is 1. The molecule has 2 bridgehead atoms. The van der Waals surface area contributed by atoms with Gasteiger partial charge in [-0.1, -0.05) is 12.2 Å². The van der Waals surface area contributed by atoms with Gasteiger partial charge in [0.25, 0.3) is 0 Å². The highest BCUT2D eigenvalue weighted by molar-refractivity contribution is 5.23. The van der Waals surface area contributed by atoms with E-state index in [4.69, 9.17) is 0 Å². The molecule has 0 N–H and O–H groups in total. The smallest absolute Gasteiger partial charge is 0.0664 e. The van der Waals surface area contributed by atoms with Crippen molar-refractivity contribution in [3.63, 3.8) is 0 Å². The Hall–Kier alpha value is -1.05. The summed E-state index contributed by atoms with van der Waals surface area (Å²) < 4.78 is 1.99. The molecule has 1 aromatic heterocycles. The third-order valence-corrected chi connectivity index (χ3v) is 3.79. The minimum Gasteiger partial charge on any atom is -0.273 e. The summed E-state index contributed by atoms with van der Waals surface area (Å²) >= 11 is 0.